The van der Waals surface area contributed by atoms with Gasteiger partial charge in [-0.25, -0.2) is 9.59 Å². The average Bonchev–Trinajstić information content (AvgIpc) is 3.21. The molecule has 8 heteroatoms. The van der Waals surface area contributed by atoms with E-state index in [-0.39, 0.29) is 23.7 Å². The van der Waals surface area contributed by atoms with Crippen LogP contribution in [0.15, 0.2) is 39.7 Å². The number of hydrogen-bond acceptors (Lipinski definition) is 7. The van der Waals surface area contributed by atoms with Gasteiger partial charge in [-0.05, 0) is 50.2 Å². The summed E-state index contributed by atoms with van der Waals surface area (Å²) in [6.45, 7) is 12.5. The highest BCUT2D eigenvalue weighted by Gasteiger charge is 2.19. The number of hydrogen-bond donors (Lipinski definition) is 2. The Morgan fingerprint density at radius 1 is 1.29 bits per heavy atom. The van der Waals surface area contributed by atoms with Crippen LogP contribution in [0.1, 0.15) is 92.1 Å². The van der Waals surface area contributed by atoms with Crippen LogP contribution in [0.25, 0.3) is 0 Å². The maximum atomic E-state index is 11.8. The van der Waals surface area contributed by atoms with Crippen LogP contribution in [0.5, 0.6) is 5.75 Å². The molecule has 194 valence electrons. The van der Waals surface area contributed by atoms with E-state index in [2.05, 4.69) is 49.9 Å². The number of carbonyl (C=O) groups is 2. The van der Waals surface area contributed by atoms with E-state index >= 15 is 0 Å². The summed E-state index contributed by atoms with van der Waals surface area (Å²) in [6.07, 6.45) is 6.53. The lowest BCUT2D eigenvalue weighted by molar-refractivity contribution is 0.0980. The van der Waals surface area contributed by atoms with Gasteiger partial charge in [-0.3, -0.25) is 10.1 Å². The molecule has 0 spiro atoms. The van der Waals surface area contributed by atoms with Gasteiger partial charge in [0.25, 0.3) is 0 Å². The largest absolute Gasteiger partial charge is 0.507 e. The fraction of sp³-hybridized carbons (Fsp3) is 0.519. The first-order chi connectivity index (χ1) is 16.4. The monoisotopic (exact) mass is 505 g/mol. The number of allylic oxidation sites excluding steroid dienone is 1. The second kappa shape index (κ2) is 14.5. The Kier molecular flexibility index (Phi) is 12.5. The summed E-state index contributed by atoms with van der Waals surface area (Å²) < 4.78 is 9.54. The number of aromatic hydroxyl groups is 1. The topological polar surface area (TPSA) is 106 Å². The summed E-state index contributed by atoms with van der Waals surface area (Å²) in [5, 5.41) is 12.3. The molecule has 0 fully saturated rings. The second-order valence-corrected chi connectivity index (χ2v) is 10.9. The minimum Gasteiger partial charge on any atom is -0.507 e. The zero-order valence-electron chi connectivity index (χ0n) is 21.9. The van der Waals surface area contributed by atoms with Gasteiger partial charge in [0.15, 0.2) is 5.78 Å². The van der Waals surface area contributed by atoms with E-state index in [0.717, 1.165) is 0 Å². The van der Waals surface area contributed by atoms with E-state index in [4.69, 9.17) is 4.42 Å². The van der Waals surface area contributed by atoms with Crippen LogP contribution in [0.4, 0.5) is 4.79 Å². The van der Waals surface area contributed by atoms with Crippen molar-refractivity contribution in [2.24, 2.45) is 5.41 Å². The maximum Gasteiger partial charge on any atom is 0.410 e. The number of amides is 1. The normalized spacial score (nSPS) is 12.1. The Balaban J connectivity index is 0.000000427. The first-order valence-corrected chi connectivity index (χ1v) is 12.6. The predicted molar refractivity (Wildman–Crippen MR) is 140 cm³/mol. The van der Waals surface area contributed by atoms with Gasteiger partial charge in [0.05, 0.1) is 7.11 Å². The minimum absolute atomic E-state index is 0.116. The molecule has 0 aliphatic carbocycles. The van der Waals surface area contributed by atoms with Crippen LogP contribution in [0, 0.1) is 12.3 Å². The fourth-order valence-electron chi connectivity index (χ4n) is 3.05. The Hall–Kier alpha value is -2.87. The molecule has 1 unspecified atom stereocenters. The quantitative estimate of drug-likeness (QED) is 0.366. The van der Waals surface area contributed by atoms with E-state index in [0.29, 0.717) is 24.0 Å². The highest BCUT2D eigenvalue weighted by molar-refractivity contribution is 7.11. The SMILES string of the molecule is CCC(=O)c1c(O)cc(C(C)CC/C=C/NC(=O)OC)oc1=O.Cc1ccc(CCC(C)(C)C)s1. The van der Waals surface area contributed by atoms with Gasteiger partial charge < -0.3 is 14.3 Å². The molecule has 0 bridgehead atoms. The molecule has 0 saturated heterocycles. The van der Waals surface area contributed by atoms with E-state index in [1.807, 2.05) is 18.3 Å². The number of nitrogens with one attached hydrogen (secondary N) is 1. The molecule has 0 radical (unpaired) electrons. The van der Waals surface area contributed by atoms with Gasteiger partial charge in [0.2, 0.25) is 0 Å². The van der Waals surface area contributed by atoms with Crippen LogP contribution in [0.2, 0.25) is 0 Å². The Morgan fingerprint density at radius 3 is 2.49 bits per heavy atom. The summed E-state index contributed by atoms with van der Waals surface area (Å²) >= 11 is 1.93. The molecule has 0 aromatic carbocycles. The highest BCUT2D eigenvalue weighted by atomic mass is 32.1. The van der Waals surface area contributed by atoms with Crippen molar-refractivity contribution in [1.82, 2.24) is 5.32 Å². The molecule has 2 aromatic rings. The summed E-state index contributed by atoms with van der Waals surface area (Å²) in [6, 6.07) is 5.78. The molecule has 0 aliphatic rings. The molecule has 2 aromatic heterocycles. The molecule has 1 amide bonds. The average molecular weight is 506 g/mol. The van der Waals surface area contributed by atoms with Crippen molar-refractivity contribution in [3.8, 4) is 5.75 Å². The lowest BCUT2D eigenvalue weighted by Gasteiger charge is -2.16. The summed E-state index contributed by atoms with van der Waals surface area (Å²) in [5.41, 5.74) is -0.648. The lowest BCUT2D eigenvalue weighted by atomic mass is 9.90. The summed E-state index contributed by atoms with van der Waals surface area (Å²) in [4.78, 5) is 37.2. The van der Waals surface area contributed by atoms with Crippen molar-refractivity contribution in [3.05, 3.63) is 62.0 Å². The summed E-state index contributed by atoms with van der Waals surface area (Å²) in [5.74, 6) is -0.623. The van der Waals surface area contributed by atoms with Gasteiger partial charge in [-0.1, -0.05) is 40.7 Å². The van der Waals surface area contributed by atoms with E-state index in [9.17, 15) is 19.5 Å². The van der Waals surface area contributed by atoms with Crippen LogP contribution < -0.4 is 10.9 Å². The standard InChI is InChI=1S/C16H21NO6.C11H18S/c1-4-11(18)14-12(19)9-13(23-15(14)20)10(2)7-5-6-8-17-16(21)22-3;1-9-5-6-10(12-9)7-8-11(2,3)4/h6,8-10,19H,4-5,7H2,1-3H3,(H,17,21);5-6H,7-8H2,1-4H3/b8-6+;. The minimum atomic E-state index is -0.818. The molecule has 2 rings (SSSR count). The lowest BCUT2D eigenvalue weighted by Crippen LogP contribution is -2.16. The van der Waals surface area contributed by atoms with Crippen molar-refractivity contribution in [1.29, 1.82) is 0 Å². The molecule has 0 aliphatic heterocycles. The predicted octanol–water partition coefficient (Wildman–Crippen LogP) is 6.73. The van der Waals surface area contributed by atoms with Crippen LogP contribution in [-0.4, -0.2) is 24.1 Å². The Bertz CT molecular complexity index is 1040. The van der Waals surface area contributed by atoms with Crippen molar-refractivity contribution in [2.75, 3.05) is 7.11 Å². The number of alkyl carbamates (subject to hydrolysis) is 1. The van der Waals surface area contributed by atoms with Gasteiger partial charge in [0.1, 0.15) is 17.1 Å². The third kappa shape index (κ3) is 11.4. The Morgan fingerprint density at radius 2 is 1.97 bits per heavy atom. The van der Waals surface area contributed by atoms with Crippen LogP contribution in [-0.2, 0) is 11.2 Å². The number of ketones is 1. The van der Waals surface area contributed by atoms with E-state index in [1.165, 1.54) is 42.0 Å². The van der Waals surface area contributed by atoms with Crippen molar-refractivity contribution in [2.45, 2.75) is 79.6 Å². The van der Waals surface area contributed by atoms with Gasteiger partial charge in [-0.15, -0.1) is 11.3 Å². The molecule has 0 saturated carbocycles. The number of rotatable bonds is 9. The summed E-state index contributed by atoms with van der Waals surface area (Å²) in [7, 11) is 1.27. The van der Waals surface area contributed by atoms with E-state index in [1.54, 1.807) is 13.0 Å². The smallest absolute Gasteiger partial charge is 0.410 e. The number of ether oxygens (including phenoxy) is 1. The molecule has 2 heterocycles. The maximum absolute atomic E-state index is 11.8. The first kappa shape index (κ1) is 30.2. The van der Waals surface area contributed by atoms with Gasteiger partial charge >= 0.3 is 11.7 Å². The molecule has 35 heavy (non-hydrogen) atoms. The number of aryl methyl sites for hydroxylation is 2. The number of Topliss-reactive ketones (excluding diaryl/α,β-unsaturated/α-hetero) is 1. The molecule has 2 N–H and O–H groups in total. The second-order valence-electron chi connectivity index (χ2n) is 9.56. The van der Waals surface area contributed by atoms with Crippen molar-refractivity contribution >= 4 is 23.2 Å². The molecular formula is C27H39NO6S. The van der Waals surface area contributed by atoms with Crippen molar-refractivity contribution in [3.63, 3.8) is 0 Å². The zero-order valence-corrected chi connectivity index (χ0v) is 22.7. The number of carbonyl (C=O) groups excluding carboxylic acids is 2. The highest BCUT2D eigenvalue weighted by Crippen LogP contribution is 2.26. The van der Waals surface area contributed by atoms with Crippen LogP contribution >= 0.6 is 11.3 Å². The molecule has 1 atom stereocenters. The third-order valence-corrected chi connectivity index (χ3v) is 6.28. The molecular weight excluding hydrogens is 466 g/mol. The van der Waals surface area contributed by atoms with Gasteiger partial charge in [0, 0.05) is 34.4 Å². The molecule has 7 nitrogen and oxygen atoms in total. The number of methoxy groups -OCH3 is 1. The van der Waals surface area contributed by atoms with Crippen molar-refractivity contribution < 1.29 is 23.8 Å². The van der Waals surface area contributed by atoms with E-state index < -0.39 is 17.5 Å². The third-order valence-electron chi connectivity index (χ3n) is 5.22. The zero-order chi connectivity index (χ0) is 26.6. The van der Waals surface area contributed by atoms with Crippen LogP contribution in [0.3, 0.4) is 0 Å². The fourth-order valence-corrected chi connectivity index (χ4v) is 3.94. The first-order valence-electron chi connectivity index (χ1n) is 11.8. The number of thiophene rings is 1. The Labute approximate surface area is 212 Å². The van der Waals surface area contributed by atoms with Gasteiger partial charge in [-0.2, -0.15) is 0 Å².